The lowest BCUT2D eigenvalue weighted by Crippen LogP contribution is -2.36. The number of cyclic esters (lactones) is 1. The molecule has 8 heteroatoms. The number of alkyl halides is 2. The molecular weight excluding hydrogens is 256 g/mol. The van der Waals surface area contributed by atoms with Crippen LogP contribution in [0, 0.1) is 0 Å². The zero-order valence-electron chi connectivity index (χ0n) is 8.73. The van der Waals surface area contributed by atoms with E-state index in [1.807, 2.05) is 0 Å². The Morgan fingerprint density at radius 3 is 2.71 bits per heavy atom. The summed E-state index contributed by atoms with van der Waals surface area (Å²) < 4.78 is 52.2. The predicted octanol–water partition coefficient (Wildman–Crippen LogP) is -0.163. The molecule has 2 aliphatic heterocycles. The summed E-state index contributed by atoms with van der Waals surface area (Å²) >= 11 is 0. The predicted molar refractivity (Wildman–Crippen MR) is 54.2 cm³/mol. The van der Waals surface area contributed by atoms with Crippen LogP contribution in [0.25, 0.3) is 0 Å². The van der Waals surface area contributed by atoms with Gasteiger partial charge in [0.2, 0.25) is 0 Å². The van der Waals surface area contributed by atoms with Crippen molar-refractivity contribution in [2.45, 2.75) is 24.5 Å². The molecule has 17 heavy (non-hydrogen) atoms. The number of hydrogen-bond donors (Lipinski definition) is 1. The van der Waals surface area contributed by atoms with Gasteiger partial charge < -0.3 is 10.1 Å². The molecule has 0 spiro atoms. The molecule has 0 aromatic rings. The summed E-state index contributed by atoms with van der Waals surface area (Å²) in [6.45, 7) is 0.0197. The van der Waals surface area contributed by atoms with E-state index in [1.54, 1.807) is 0 Å². The molecule has 96 valence electrons. The van der Waals surface area contributed by atoms with Gasteiger partial charge in [0, 0.05) is 18.0 Å². The molecule has 0 saturated carbocycles. The van der Waals surface area contributed by atoms with Crippen LogP contribution in [0.5, 0.6) is 0 Å². The van der Waals surface area contributed by atoms with Crippen molar-refractivity contribution in [1.29, 1.82) is 0 Å². The van der Waals surface area contributed by atoms with Gasteiger partial charge in [0.15, 0.2) is 9.84 Å². The number of esters is 1. The van der Waals surface area contributed by atoms with Crippen LogP contribution in [0.1, 0.15) is 6.42 Å². The van der Waals surface area contributed by atoms with Crippen LogP contribution in [0.2, 0.25) is 0 Å². The van der Waals surface area contributed by atoms with Crippen LogP contribution >= 0.6 is 0 Å². The Morgan fingerprint density at radius 1 is 1.53 bits per heavy atom. The van der Waals surface area contributed by atoms with E-state index in [0.717, 1.165) is 5.41 Å². The molecule has 0 aromatic heterocycles. The zero-order valence-corrected chi connectivity index (χ0v) is 9.54. The van der Waals surface area contributed by atoms with Crippen LogP contribution in [-0.4, -0.2) is 44.8 Å². The number of hydrogen-bond acceptors (Lipinski definition) is 5. The van der Waals surface area contributed by atoms with E-state index in [-0.39, 0.29) is 12.3 Å². The number of carbonyl (C=O) groups excluding carboxylic acids is 1. The zero-order chi connectivity index (χ0) is 12.7. The third-order valence-electron chi connectivity index (χ3n) is 2.59. The van der Waals surface area contributed by atoms with E-state index in [4.69, 9.17) is 0 Å². The first-order valence-electron chi connectivity index (χ1n) is 5.02. The largest absolute Gasteiger partial charge is 0.456 e. The van der Waals surface area contributed by atoms with E-state index in [9.17, 15) is 22.0 Å². The van der Waals surface area contributed by atoms with Gasteiger partial charge in [0.05, 0.1) is 12.2 Å². The van der Waals surface area contributed by atoms with Crippen LogP contribution in [-0.2, 0) is 19.4 Å². The summed E-state index contributed by atoms with van der Waals surface area (Å²) in [5.74, 6) is -5.03. The summed E-state index contributed by atoms with van der Waals surface area (Å²) in [4.78, 5) is 10.7. The molecule has 0 aliphatic carbocycles. The second-order valence-electron chi connectivity index (χ2n) is 4.11. The van der Waals surface area contributed by atoms with Crippen LogP contribution < -0.4 is 5.32 Å². The maximum atomic E-state index is 12.8. The molecule has 5 nitrogen and oxygen atoms in total. The monoisotopic (exact) mass is 267 g/mol. The highest BCUT2D eigenvalue weighted by atomic mass is 32.2. The lowest BCUT2D eigenvalue weighted by Gasteiger charge is -2.13. The molecule has 2 rings (SSSR count). The molecule has 1 fully saturated rings. The Labute approximate surface area is 96.7 Å². The number of carbonyl (C=O) groups is 1. The fourth-order valence-electron chi connectivity index (χ4n) is 1.75. The number of rotatable bonds is 3. The molecule has 2 unspecified atom stereocenters. The molecule has 0 aromatic carbocycles. The average molecular weight is 267 g/mol. The third-order valence-corrected chi connectivity index (χ3v) is 3.99. The second-order valence-corrected chi connectivity index (χ2v) is 6.04. The SMILES string of the molecule is O=C1OC(CNC2C=CS(=O)(=O)C2)CC1(F)F. The first-order chi connectivity index (χ1) is 7.78. The summed E-state index contributed by atoms with van der Waals surface area (Å²) in [5, 5.41) is 3.84. The van der Waals surface area contributed by atoms with Crippen molar-refractivity contribution in [1.82, 2.24) is 5.32 Å². The van der Waals surface area contributed by atoms with Crippen molar-refractivity contribution in [2.24, 2.45) is 0 Å². The maximum Gasteiger partial charge on any atom is 0.377 e. The van der Waals surface area contributed by atoms with E-state index < -0.39 is 40.3 Å². The van der Waals surface area contributed by atoms with Gasteiger partial charge >= 0.3 is 11.9 Å². The molecule has 0 radical (unpaired) electrons. The highest BCUT2D eigenvalue weighted by molar-refractivity contribution is 7.94. The average Bonchev–Trinajstić information content (AvgIpc) is 2.65. The van der Waals surface area contributed by atoms with Crippen LogP contribution in [0.15, 0.2) is 11.5 Å². The lowest BCUT2D eigenvalue weighted by atomic mass is 10.2. The topological polar surface area (TPSA) is 72.5 Å². The molecule has 0 amide bonds. The number of sulfone groups is 1. The highest BCUT2D eigenvalue weighted by Gasteiger charge is 2.50. The number of nitrogens with one attached hydrogen (secondary N) is 1. The van der Waals surface area contributed by atoms with Crippen molar-refractivity contribution in [2.75, 3.05) is 12.3 Å². The van der Waals surface area contributed by atoms with Gasteiger partial charge in [-0.2, -0.15) is 8.78 Å². The van der Waals surface area contributed by atoms with Gasteiger partial charge in [-0.05, 0) is 0 Å². The Kier molecular flexibility index (Phi) is 2.94. The highest BCUT2D eigenvalue weighted by Crippen LogP contribution is 2.30. The molecule has 0 bridgehead atoms. The van der Waals surface area contributed by atoms with E-state index >= 15 is 0 Å². The first kappa shape index (κ1) is 12.4. The smallest absolute Gasteiger partial charge is 0.377 e. The normalized spacial score (nSPS) is 33.9. The molecule has 1 saturated heterocycles. The molecule has 2 heterocycles. The molecule has 2 atom stereocenters. The summed E-state index contributed by atoms with van der Waals surface area (Å²) in [7, 11) is -3.17. The van der Waals surface area contributed by atoms with Crippen molar-refractivity contribution < 1.29 is 26.7 Å². The Balaban J connectivity index is 1.82. The minimum Gasteiger partial charge on any atom is -0.456 e. The Morgan fingerprint density at radius 2 is 2.24 bits per heavy atom. The molecule has 1 N–H and O–H groups in total. The first-order valence-corrected chi connectivity index (χ1v) is 6.73. The van der Waals surface area contributed by atoms with Gasteiger partial charge in [0.1, 0.15) is 6.10 Å². The van der Waals surface area contributed by atoms with Gasteiger partial charge in [-0.15, -0.1) is 0 Å². The van der Waals surface area contributed by atoms with Gasteiger partial charge in [0.25, 0.3) is 0 Å². The van der Waals surface area contributed by atoms with Crippen molar-refractivity contribution >= 4 is 15.8 Å². The van der Waals surface area contributed by atoms with Gasteiger partial charge in [-0.1, -0.05) is 6.08 Å². The van der Waals surface area contributed by atoms with E-state index in [0.29, 0.717) is 0 Å². The number of ether oxygens (including phenoxy) is 1. The van der Waals surface area contributed by atoms with Crippen molar-refractivity contribution in [3.63, 3.8) is 0 Å². The standard InChI is InChI=1S/C9H11F2NO4S/c10-9(11)3-7(16-8(9)13)4-12-6-1-2-17(14,15)5-6/h1-2,6-7,12H,3-5H2. The fourth-order valence-corrected chi connectivity index (χ4v) is 3.02. The summed E-state index contributed by atoms with van der Waals surface area (Å²) in [6, 6.07) is -0.409. The third kappa shape index (κ3) is 2.81. The Hall–Kier alpha value is -1.02. The fraction of sp³-hybridized carbons (Fsp3) is 0.667. The minimum absolute atomic E-state index is 0.0197. The quantitative estimate of drug-likeness (QED) is 0.719. The summed E-state index contributed by atoms with van der Waals surface area (Å²) in [6.07, 6.45) is -0.124. The van der Waals surface area contributed by atoms with Crippen molar-refractivity contribution in [3.8, 4) is 0 Å². The minimum atomic E-state index is -3.43. The second kappa shape index (κ2) is 4.02. The van der Waals surface area contributed by atoms with Crippen molar-refractivity contribution in [3.05, 3.63) is 11.5 Å². The molecule has 2 aliphatic rings. The molecular formula is C9H11F2NO4S. The summed E-state index contributed by atoms with van der Waals surface area (Å²) in [5.41, 5.74) is 0. The van der Waals surface area contributed by atoms with Gasteiger partial charge in [-0.3, -0.25) is 0 Å². The Bertz CT molecular complexity index is 460. The van der Waals surface area contributed by atoms with E-state index in [2.05, 4.69) is 10.1 Å². The number of halogens is 2. The van der Waals surface area contributed by atoms with E-state index in [1.165, 1.54) is 6.08 Å². The van der Waals surface area contributed by atoms with Gasteiger partial charge in [-0.25, -0.2) is 13.2 Å². The maximum absolute atomic E-state index is 12.8. The van der Waals surface area contributed by atoms with Crippen LogP contribution in [0.4, 0.5) is 8.78 Å². The lowest BCUT2D eigenvalue weighted by molar-refractivity contribution is -0.159. The van der Waals surface area contributed by atoms with Crippen LogP contribution in [0.3, 0.4) is 0 Å².